The molecule has 0 saturated carbocycles. The zero-order valence-corrected chi connectivity index (χ0v) is 17.1. The second-order valence-corrected chi connectivity index (χ2v) is 7.89. The second-order valence-electron chi connectivity index (χ2n) is 6.98. The Kier molecular flexibility index (Phi) is 5.43. The summed E-state index contributed by atoms with van der Waals surface area (Å²) in [5.41, 5.74) is 2.83. The van der Waals surface area contributed by atoms with Crippen molar-refractivity contribution in [3.05, 3.63) is 58.6 Å². The molecule has 1 aliphatic rings. The monoisotopic (exact) mass is 440 g/mol. The molecule has 0 atom stereocenters. The van der Waals surface area contributed by atoms with Gasteiger partial charge in [-0.15, -0.1) is 0 Å². The lowest BCUT2D eigenvalue weighted by atomic mass is 9.96. The van der Waals surface area contributed by atoms with Gasteiger partial charge >= 0.3 is 6.01 Å². The molecule has 7 heteroatoms. The van der Waals surface area contributed by atoms with Gasteiger partial charge in [0, 0.05) is 34.7 Å². The van der Waals surface area contributed by atoms with E-state index in [0.29, 0.717) is 24.9 Å². The first-order valence-corrected chi connectivity index (χ1v) is 10.1. The molecule has 28 heavy (non-hydrogen) atoms. The Hall–Kier alpha value is -2.67. The predicted octanol–water partition coefficient (Wildman–Crippen LogP) is 4.66. The Morgan fingerprint density at radius 1 is 1.18 bits per heavy atom. The van der Waals surface area contributed by atoms with E-state index in [4.69, 9.17) is 4.52 Å². The molecule has 1 amide bonds. The Morgan fingerprint density at radius 2 is 1.93 bits per heavy atom. The number of hydrogen-bond donors (Lipinski definition) is 1. The number of nitrogens with zero attached hydrogens (tertiary/aromatic N) is 3. The highest BCUT2D eigenvalue weighted by atomic mass is 79.9. The van der Waals surface area contributed by atoms with E-state index in [0.717, 1.165) is 34.1 Å². The third-order valence-corrected chi connectivity index (χ3v) is 5.52. The standard InChI is InChI=1S/C21H21BrN4O2/c1-14-13-17(22)7-8-18(14)23-20(27)16-9-11-26(12-10-16)21-24-19(25-28-21)15-5-3-2-4-6-15/h2-8,13,16H,9-12H2,1H3,(H,23,27). The first kappa shape index (κ1) is 18.7. The van der Waals surface area contributed by atoms with E-state index >= 15 is 0 Å². The Labute approximate surface area is 172 Å². The average molecular weight is 441 g/mol. The molecule has 0 bridgehead atoms. The Bertz CT molecular complexity index is 966. The Balaban J connectivity index is 1.35. The molecular formula is C21H21BrN4O2. The molecule has 2 aromatic carbocycles. The molecule has 0 radical (unpaired) electrons. The van der Waals surface area contributed by atoms with Gasteiger partial charge in [-0.05, 0) is 43.5 Å². The molecule has 3 aromatic rings. The third-order valence-electron chi connectivity index (χ3n) is 5.03. The number of nitrogens with one attached hydrogen (secondary N) is 1. The van der Waals surface area contributed by atoms with Gasteiger partial charge in [0.25, 0.3) is 0 Å². The zero-order valence-electron chi connectivity index (χ0n) is 15.6. The van der Waals surface area contributed by atoms with E-state index in [1.165, 1.54) is 0 Å². The van der Waals surface area contributed by atoms with Crippen LogP contribution in [0.4, 0.5) is 11.7 Å². The fraction of sp³-hybridized carbons (Fsp3) is 0.286. The van der Waals surface area contributed by atoms with Crippen LogP contribution in [0, 0.1) is 12.8 Å². The van der Waals surface area contributed by atoms with E-state index in [2.05, 4.69) is 31.4 Å². The molecule has 0 aliphatic carbocycles. The summed E-state index contributed by atoms with van der Waals surface area (Å²) in [7, 11) is 0. The van der Waals surface area contributed by atoms with Crippen LogP contribution in [0.15, 0.2) is 57.5 Å². The highest BCUT2D eigenvalue weighted by molar-refractivity contribution is 9.10. The van der Waals surface area contributed by atoms with Gasteiger partial charge in [0.05, 0.1) is 0 Å². The van der Waals surface area contributed by atoms with Gasteiger partial charge in [-0.3, -0.25) is 4.79 Å². The smallest absolute Gasteiger partial charge is 0.324 e. The molecule has 4 rings (SSSR count). The molecular weight excluding hydrogens is 420 g/mol. The summed E-state index contributed by atoms with van der Waals surface area (Å²) in [6, 6.07) is 16.1. The average Bonchev–Trinajstić information content (AvgIpc) is 3.21. The largest absolute Gasteiger partial charge is 0.326 e. The second kappa shape index (κ2) is 8.14. The third kappa shape index (κ3) is 4.09. The van der Waals surface area contributed by atoms with Gasteiger partial charge in [-0.2, -0.15) is 4.98 Å². The van der Waals surface area contributed by atoms with Gasteiger partial charge in [-0.1, -0.05) is 51.4 Å². The van der Waals surface area contributed by atoms with Crippen molar-refractivity contribution in [1.29, 1.82) is 0 Å². The molecule has 1 saturated heterocycles. The lowest BCUT2D eigenvalue weighted by molar-refractivity contribution is -0.120. The molecule has 1 fully saturated rings. The van der Waals surface area contributed by atoms with Crippen molar-refractivity contribution < 1.29 is 9.32 Å². The van der Waals surface area contributed by atoms with Gasteiger partial charge in [0.2, 0.25) is 11.7 Å². The number of benzene rings is 2. The fourth-order valence-corrected chi connectivity index (χ4v) is 3.86. The lowest BCUT2D eigenvalue weighted by Crippen LogP contribution is -2.38. The van der Waals surface area contributed by atoms with Gasteiger partial charge in [-0.25, -0.2) is 0 Å². The van der Waals surface area contributed by atoms with Crippen molar-refractivity contribution in [2.45, 2.75) is 19.8 Å². The molecule has 6 nitrogen and oxygen atoms in total. The lowest BCUT2D eigenvalue weighted by Gasteiger charge is -2.29. The highest BCUT2D eigenvalue weighted by Crippen LogP contribution is 2.26. The van der Waals surface area contributed by atoms with E-state index in [9.17, 15) is 4.79 Å². The van der Waals surface area contributed by atoms with E-state index in [1.54, 1.807) is 0 Å². The normalized spacial score (nSPS) is 14.9. The maximum Gasteiger partial charge on any atom is 0.324 e. The number of aromatic nitrogens is 2. The van der Waals surface area contributed by atoms with Crippen LogP contribution in [0.5, 0.6) is 0 Å². The van der Waals surface area contributed by atoms with Crippen molar-refractivity contribution in [2.24, 2.45) is 5.92 Å². The molecule has 144 valence electrons. The maximum atomic E-state index is 12.6. The quantitative estimate of drug-likeness (QED) is 0.638. The molecule has 0 spiro atoms. The number of aryl methyl sites for hydroxylation is 1. The molecule has 1 N–H and O–H groups in total. The summed E-state index contributed by atoms with van der Waals surface area (Å²) in [6.07, 6.45) is 1.51. The minimum Gasteiger partial charge on any atom is -0.326 e. The predicted molar refractivity (Wildman–Crippen MR) is 112 cm³/mol. The summed E-state index contributed by atoms with van der Waals surface area (Å²) in [5, 5.41) is 7.14. The molecule has 1 aliphatic heterocycles. The minimum atomic E-state index is -0.0178. The van der Waals surface area contributed by atoms with E-state index < -0.39 is 0 Å². The highest BCUT2D eigenvalue weighted by Gasteiger charge is 2.27. The van der Waals surface area contributed by atoms with Crippen molar-refractivity contribution >= 4 is 33.5 Å². The number of carbonyl (C=O) groups is 1. The molecule has 0 unspecified atom stereocenters. The SMILES string of the molecule is Cc1cc(Br)ccc1NC(=O)C1CCN(c2nc(-c3ccccc3)no2)CC1. The van der Waals surface area contributed by atoms with Gasteiger partial charge in [0.15, 0.2) is 0 Å². The van der Waals surface area contributed by atoms with Crippen LogP contribution in [0.2, 0.25) is 0 Å². The first-order valence-electron chi connectivity index (χ1n) is 9.31. The number of hydrogen-bond acceptors (Lipinski definition) is 5. The minimum absolute atomic E-state index is 0.0178. The fourth-order valence-electron chi connectivity index (χ4n) is 3.38. The number of rotatable bonds is 4. The van der Waals surface area contributed by atoms with Crippen LogP contribution in [0.1, 0.15) is 18.4 Å². The van der Waals surface area contributed by atoms with E-state index in [-0.39, 0.29) is 11.8 Å². The molecule has 2 heterocycles. The maximum absolute atomic E-state index is 12.6. The van der Waals surface area contributed by atoms with Crippen LogP contribution in [0.3, 0.4) is 0 Å². The topological polar surface area (TPSA) is 71.3 Å². The number of anilines is 2. The van der Waals surface area contributed by atoms with Gasteiger partial charge < -0.3 is 14.7 Å². The number of halogens is 1. The van der Waals surface area contributed by atoms with Gasteiger partial charge in [0.1, 0.15) is 0 Å². The first-order chi connectivity index (χ1) is 13.6. The van der Waals surface area contributed by atoms with Crippen LogP contribution in [-0.4, -0.2) is 29.1 Å². The zero-order chi connectivity index (χ0) is 19.5. The summed E-state index contributed by atoms with van der Waals surface area (Å²) in [6.45, 7) is 3.42. The van der Waals surface area contributed by atoms with Crippen molar-refractivity contribution in [3.8, 4) is 11.4 Å². The number of piperidine rings is 1. The van der Waals surface area contributed by atoms with Crippen LogP contribution in [0.25, 0.3) is 11.4 Å². The van der Waals surface area contributed by atoms with Crippen LogP contribution < -0.4 is 10.2 Å². The molecule has 1 aromatic heterocycles. The number of amides is 1. The summed E-state index contributed by atoms with van der Waals surface area (Å²) in [5.74, 6) is 0.637. The van der Waals surface area contributed by atoms with Crippen LogP contribution >= 0.6 is 15.9 Å². The summed E-state index contributed by atoms with van der Waals surface area (Å²) < 4.78 is 6.44. The van der Waals surface area contributed by atoms with Crippen LogP contribution in [-0.2, 0) is 4.79 Å². The summed E-state index contributed by atoms with van der Waals surface area (Å²) in [4.78, 5) is 19.2. The van der Waals surface area contributed by atoms with E-state index in [1.807, 2.05) is 60.4 Å². The Morgan fingerprint density at radius 3 is 2.64 bits per heavy atom. The van der Waals surface area contributed by atoms with Crippen molar-refractivity contribution in [1.82, 2.24) is 10.1 Å². The van der Waals surface area contributed by atoms with Crippen molar-refractivity contribution in [3.63, 3.8) is 0 Å². The number of carbonyl (C=O) groups excluding carboxylic acids is 1. The summed E-state index contributed by atoms with van der Waals surface area (Å²) >= 11 is 3.45. The van der Waals surface area contributed by atoms with Crippen molar-refractivity contribution in [2.75, 3.05) is 23.3 Å².